The summed E-state index contributed by atoms with van der Waals surface area (Å²) in [5, 5.41) is 16.6. The number of carbonyl (C=O) groups is 1. The quantitative estimate of drug-likeness (QED) is 0.534. The van der Waals surface area contributed by atoms with Crippen molar-refractivity contribution in [3.63, 3.8) is 0 Å². The number of amides is 1. The van der Waals surface area contributed by atoms with Gasteiger partial charge in [0.25, 0.3) is 5.91 Å². The highest BCUT2D eigenvalue weighted by atomic mass is 19.1. The summed E-state index contributed by atoms with van der Waals surface area (Å²) in [6.07, 6.45) is 0.787. The standard InChI is InChI=1S/C25H27FN4O2/c1-17(2)24(32-23-9-5-4-7-19(23)16-27)25(31)30(3)14-6-8-21-15-22(29-28-21)18-10-12-20(26)13-11-18/h4-5,7,9-13,15,17,24H,6,8,14H2,1-3H3,(H,28,29). The summed E-state index contributed by atoms with van der Waals surface area (Å²) in [5.74, 6) is -0.0369. The van der Waals surface area contributed by atoms with Gasteiger partial charge in [0.15, 0.2) is 6.10 Å². The Labute approximate surface area is 187 Å². The molecular formula is C25H27FN4O2. The second-order valence-corrected chi connectivity index (χ2v) is 8.04. The van der Waals surface area contributed by atoms with Crippen molar-refractivity contribution in [2.24, 2.45) is 5.92 Å². The van der Waals surface area contributed by atoms with Gasteiger partial charge in [-0.2, -0.15) is 10.4 Å². The maximum atomic E-state index is 13.1. The Morgan fingerprint density at radius 1 is 1.22 bits per heavy atom. The molecule has 1 aromatic heterocycles. The van der Waals surface area contributed by atoms with Gasteiger partial charge in [-0.3, -0.25) is 9.89 Å². The molecule has 0 radical (unpaired) electrons. The number of likely N-dealkylation sites (N-methyl/N-ethyl adjacent to an activating group) is 1. The largest absolute Gasteiger partial charge is 0.479 e. The number of nitrogens with one attached hydrogen (secondary N) is 1. The minimum absolute atomic E-state index is 0.0532. The summed E-state index contributed by atoms with van der Waals surface area (Å²) in [6, 6.07) is 17.2. The van der Waals surface area contributed by atoms with Crippen LogP contribution in [0.3, 0.4) is 0 Å². The van der Waals surface area contributed by atoms with Gasteiger partial charge in [0.05, 0.1) is 11.3 Å². The molecule has 3 rings (SSSR count). The van der Waals surface area contributed by atoms with E-state index in [0.717, 1.165) is 29.8 Å². The van der Waals surface area contributed by atoms with Crippen molar-refractivity contribution in [2.45, 2.75) is 32.8 Å². The zero-order valence-corrected chi connectivity index (χ0v) is 18.5. The number of para-hydroxylation sites is 1. The smallest absolute Gasteiger partial charge is 0.263 e. The van der Waals surface area contributed by atoms with Gasteiger partial charge in [0.1, 0.15) is 17.6 Å². The lowest BCUT2D eigenvalue weighted by Crippen LogP contribution is -2.43. The Balaban J connectivity index is 1.56. The Kier molecular flexibility index (Phi) is 7.61. The highest BCUT2D eigenvalue weighted by Gasteiger charge is 2.28. The zero-order valence-electron chi connectivity index (χ0n) is 18.5. The molecule has 0 aliphatic heterocycles. The number of hydrogen-bond donors (Lipinski definition) is 1. The molecule has 1 N–H and O–H groups in total. The van der Waals surface area contributed by atoms with E-state index in [-0.39, 0.29) is 17.6 Å². The van der Waals surface area contributed by atoms with Crippen LogP contribution >= 0.6 is 0 Å². The van der Waals surface area contributed by atoms with Crippen molar-refractivity contribution >= 4 is 5.91 Å². The number of aromatic amines is 1. The third-order valence-corrected chi connectivity index (χ3v) is 5.20. The van der Waals surface area contributed by atoms with Crippen molar-refractivity contribution in [3.8, 4) is 23.1 Å². The van der Waals surface area contributed by atoms with Crippen LogP contribution in [0.15, 0.2) is 54.6 Å². The third-order valence-electron chi connectivity index (χ3n) is 5.20. The van der Waals surface area contributed by atoms with Gasteiger partial charge < -0.3 is 9.64 Å². The fourth-order valence-electron chi connectivity index (χ4n) is 3.36. The molecular weight excluding hydrogens is 407 g/mol. The van der Waals surface area contributed by atoms with Crippen LogP contribution in [0.25, 0.3) is 11.3 Å². The number of hydrogen-bond acceptors (Lipinski definition) is 4. The fourth-order valence-corrected chi connectivity index (χ4v) is 3.36. The molecule has 1 unspecified atom stereocenters. The summed E-state index contributed by atoms with van der Waals surface area (Å²) in [6.45, 7) is 4.40. The van der Waals surface area contributed by atoms with Crippen LogP contribution in [0.1, 0.15) is 31.5 Å². The van der Waals surface area contributed by atoms with Crippen LogP contribution in [-0.4, -0.2) is 40.7 Å². The van der Waals surface area contributed by atoms with Gasteiger partial charge in [-0.15, -0.1) is 0 Å². The SMILES string of the molecule is CC(C)C(Oc1ccccc1C#N)C(=O)N(C)CCCc1cc(-c2ccc(F)cc2)n[nH]1. The fraction of sp³-hybridized carbons (Fsp3) is 0.320. The number of nitriles is 1. The number of halogens is 1. The molecule has 0 saturated heterocycles. The normalized spacial score (nSPS) is 11.8. The average Bonchev–Trinajstić information content (AvgIpc) is 3.26. The van der Waals surface area contributed by atoms with E-state index in [2.05, 4.69) is 16.3 Å². The van der Waals surface area contributed by atoms with Gasteiger partial charge in [0, 0.05) is 24.8 Å². The molecule has 1 atom stereocenters. The highest BCUT2D eigenvalue weighted by molar-refractivity contribution is 5.81. The van der Waals surface area contributed by atoms with Crippen molar-refractivity contribution in [1.82, 2.24) is 15.1 Å². The highest BCUT2D eigenvalue weighted by Crippen LogP contribution is 2.22. The maximum Gasteiger partial charge on any atom is 0.263 e. The van der Waals surface area contributed by atoms with Crippen LogP contribution in [0.5, 0.6) is 5.75 Å². The molecule has 1 amide bonds. The van der Waals surface area contributed by atoms with E-state index in [9.17, 15) is 14.4 Å². The number of carbonyl (C=O) groups excluding carboxylic acids is 1. The topological polar surface area (TPSA) is 82.0 Å². The number of nitrogens with zero attached hydrogens (tertiary/aromatic N) is 3. The first-order chi connectivity index (χ1) is 15.4. The zero-order chi connectivity index (χ0) is 23.1. The summed E-state index contributed by atoms with van der Waals surface area (Å²) >= 11 is 0. The van der Waals surface area contributed by atoms with Crippen molar-refractivity contribution in [2.75, 3.05) is 13.6 Å². The lowest BCUT2D eigenvalue weighted by atomic mass is 10.1. The van der Waals surface area contributed by atoms with Crippen LogP contribution in [-0.2, 0) is 11.2 Å². The van der Waals surface area contributed by atoms with Gasteiger partial charge >= 0.3 is 0 Å². The molecule has 0 fully saturated rings. The molecule has 0 spiro atoms. The van der Waals surface area contributed by atoms with Gasteiger partial charge in [0.2, 0.25) is 0 Å². The molecule has 0 aliphatic carbocycles. The molecule has 166 valence electrons. The van der Waals surface area contributed by atoms with E-state index in [4.69, 9.17) is 4.74 Å². The monoisotopic (exact) mass is 434 g/mol. The molecule has 32 heavy (non-hydrogen) atoms. The number of aromatic nitrogens is 2. The van der Waals surface area contributed by atoms with Gasteiger partial charge in [-0.05, 0) is 61.2 Å². The van der Waals surface area contributed by atoms with Crippen LogP contribution in [0.4, 0.5) is 4.39 Å². The van der Waals surface area contributed by atoms with E-state index < -0.39 is 6.10 Å². The van der Waals surface area contributed by atoms with Crippen molar-refractivity contribution in [1.29, 1.82) is 5.26 Å². The number of H-pyrrole nitrogens is 1. The summed E-state index contributed by atoms with van der Waals surface area (Å²) in [4.78, 5) is 14.7. The maximum absolute atomic E-state index is 13.1. The molecule has 1 heterocycles. The first-order valence-electron chi connectivity index (χ1n) is 10.6. The van der Waals surface area contributed by atoms with E-state index in [1.165, 1.54) is 12.1 Å². The Morgan fingerprint density at radius 3 is 2.62 bits per heavy atom. The van der Waals surface area contributed by atoms with E-state index in [1.807, 2.05) is 19.9 Å². The van der Waals surface area contributed by atoms with E-state index in [1.54, 1.807) is 48.3 Å². The Bertz CT molecular complexity index is 1090. The number of aryl methyl sites for hydroxylation is 1. The molecule has 7 heteroatoms. The van der Waals surface area contributed by atoms with Gasteiger partial charge in [-0.1, -0.05) is 26.0 Å². The van der Waals surface area contributed by atoms with E-state index >= 15 is 0 Å². The minimum atomic E-state index is -0.674. The second-order valence-electron chi connectivity index (χ2n) is 8.04. The third kappa shape index (κ3) is 5.73. The molecule has 6 nitrogen and oxygen atoms in total. The average molecular weight is 435 g/mol. The summed E-state index contributed by atoms with van der Waals surface area (Å²) in [7, 11) is 1.76. The van der Waals surface area contributed by atoms with Crippen molar-refractivity contribution in [3.05, 3.63) is 71.7 Å². The van der Waals surface area contributed by atoms with Crippen LogP contribution in [0.2, 0.25) is 0 Å². The molecule has 0 bridgehead atoms. The lowest BCUT2D eigenvalue weighted by Gasteiger charge is -2.27. The molecule has 2 aromatic carbocycles. The Hall–Kier alpha value is -3.66. The molecule has 0 aliphatic rings. The minimum Gasteiger partial charge on any atom is -0.479 e. The number of benzene rings is 2. The van der Waals surface area contributed by atoms with Gasteiger partial charge in [-0.25, -0.2) is 4.39 Å². The Morgan fingerprint density at radius 2 is 1.94 bits per heavy atom. The first kappa shape index (κ1) is 23.0. The van der Waals surface area contributed by atoms with Crippen molar-refractivity contribution < 1.29 is 13.9 Å². The molecule has 3 aromatic rings. The van der Waals surface area contributed by atoms with Crippen LogP contribution in [0, 0.1) is 23.1 Å². The summed E-state index contributed by atoms with van der Waals surface area (Å²) < 4.78 is 19.0. The number of rotatable bonds is 9. The predicted molar refractivity (Wildman–Crippen MR) is 120 cm³/mol. The first-order valence-corrected chi connectivity index (χ1v) is 10.6. The second kappa shape index (κ2) is 10.6. The lowest BCUT2D eigenvalue weighted by molar-refractivity contribution is -0.139. The number of ether oxygens (including phenoxy) is 1. The molecule has 0 saturated carbocycles. The van der Waals surface area contributed by atoms with Crippen LogP contribution < -0.4 is 4.74 Å². The predicted octanol–water partition coefficient (Wildman–Crippen LogP) is 4.58. The van der Waals surface area contributed by atoms with E-state index in [0.29, 0.717) is 17.9 Å². The summed E-state index contributed by atoms with van der Waals surface area (Å²) in [5.41, 5.74) is 2.96.